The Kier molecular flexibility index (Phi) is 8.69. The van der Waals surface area contributed by atoms with E-state index < -0.39 is 0 Å². The number of hydrogen-bond donors (Lipinski definition) is 1. The molecular weight excluding hydrogens is 781 g/mol. The molecule has 0 unspecified atom stereocenters. The number of rotatable bonds is 6. The number of nitrogens with two attached hydrogens (primary N) is 1. The highest BCUT2D eigenvalue weighted by atomic mass is 15.2. The first-order chi connectivity index (χ1) is 31.6. The van der Waals surface area contributed by atoms with Gasteiger partial charge < -0.3 is 14.9 Å². The van der Waals surface area contributed by atoms with Crippen molar-refractivity contribution in [3.8, 4) is 22.5 Å². The van der Waals surface area contributed by atoms with Crippen LogP contribution in [-0.2, 0) is 0 Å². The Hall–Kier alpha value is -8.74. The first-order valence-corrected chi connectivity index (χ1v) is 21.5. The summed E-state index contributed by atoms with van der Waals surface area (Å²) in [6.45, 7) is 4.30. The Morgan fingerprint density at radius 2 is 0.797 bits per heavy atom. The van der Waals surface area contributed by atoms with Gasteiger partial charge in [0.1, 0.15) is 0 Å². The average molecular weight is 821 g/mol. The first-order valence-electron chi connectivity index (χ1n) is 21.5. The van der Waals surface area contributed by atoms with Crippen LogP contribution < -0.4 is 5.73 Å². The third kappa shape index (κ3) is 5.88. The van der Waals surface area contributed by atoms with Gasteiger partial charge in [0.25, 0.3) is 0 Å². The van der Waals surface area contributed by atoms with Gasteiger partial charge in [0.2, 0.25) is 5.96 Å². The number of benzene rings is 9. The van der Waals surface area contributed by atoms with Gasteiger partial charge >= 0.3 is 0 Å². The minimum atomic E-state index is 0.310. The highest BCUT2D eigenvalue weighted by molar-refractivity contribution is 6.24. The van der Waals surface area contributed by atoms with E-state index in [4.69, 9.17) is 15.7 Å². The van der Waals surface area contributed by atoms with E-state index >= 15 is 0 Å². The predicted molar refractivity (Wildman–Crippen MR) is 269 cm³/mol. The molecule has 0 saturated heterocycles. The van der Waals surface area contributed by atoms with E-state index in [1.54, 1.807) is 0 Å². The Labute approximate surface area is 369 Å². The van der Waals surface area contributed by atoms with E-state index in [9.17, 15) is 0 Å². The van der Waals surface area contributed by atoms with Crippen molar-refractivity contribution in [1.29, 1.82) is 0 Å². The number of nitrogens with zero attached hydrogens (tertiary/aromatic N) is 5. The summed E-state index contributed by atoms with van der Waals surface area (Å²) in [4.78, 5) is 10.1. The lowest BCUT2D eigenvalue weighted by atomic mass is 9.95. The maximum atomic E-state index is 7.15. The highest BCUT2D eigenvalue weighted by Gasteiger charge is 2.22. The molecule has 0 spiro atoms. The number of para-hydroxylation sites is 4. The predicted octanol–water partition coefficient (Wildman–Crippen LogP) is 13.9. The number of aliphatic imine (C=N–C) groups is 2. The minimum Gasteiger partial charge on any atom is -0.369 e. The molecule has 0 saturated carbocycles. The minimum absolute atomic E-state index is 0.310. The summed E-state index contributed by atoms with van der Waals surface area (Å²) in [5.74, 6) is 0.790. The van der Waals surface area contributed by atoms with Gasteiger partial charge in [0.15, 0.2) is 5.84 Å². The number of amidine groups is 1. The third-order valence-corrected chi connectivity index (χ3v) is 12.4. The molecule has 0 amide bonds. The monoisotopic (exact) mass is 820 g/mol. The van der Waals surface area contributed by atoms with Crippen molar-refractivity contribution in [3.63, 3.8) is 0 Å². The zero-order valence-electron chi connectivity index (χ0n) is 34.8. The van der Waals surface area contributed by atoms with Crippen molar-refractivity contribution in [1.82, 2.24) is 13.7 Å². The van der Waals surface area contributed by atoms with Crippen LogP contribution in [0.4, 0.5) is 0 Å². The van der Waals surface area contributed by atoms with Crippen LogP contribution in [0.25, 0.3) is 93.6 Å². The number of fused-ring (bicyclic) bond motifs is 9. The van der Waals surface area contributed by atoms with Gasteiger partial charge in [-0.15, -0.1) is 0 Å². The lowest BCUT2D eigenvalue weighted by molar-refractivity contribution is 1.13. The van der Waals surface area contributed by atoms with Gasteiger partial charge in [-0.1, -0.05) is 170 Å². The van der Waals surface area contributed by atoms with Crippen molar-refractivity contribution in [2.75, 3.05) is 0 Å². The van der Waals surface area contributed by atoms with E-state index in [1.165, 1.54) is 32.6 Å². The Morgan fingerprint density at radius 1 is 0.375 bits per heavy atom. The van der Waals surface area contributed by atoms with Gasteiger partial charge in [0.05, 0.1) is 38.8 Å². The second-order valence-corrected chi connectivity index (χ2v) is 16.1. The second kappa shape index (κ2) is 15.0. The zero-order chi connectivity index (χ0) is 42.7. The van der Waals surface area contributed by atoms with Crippen molar-refractivity contribution >= 4 is 82.9 Å². The van der Waals surface area contributed by atoms with Crippen LogP contribution in [0.5, 0.6) is 0 Å². The first kappa shape index (κ1) is 37.1. The molecule has 64 heavy (non-hydrogen) atoms. The van der Waals surface area contributed by atoms with E-state index in [1.807, 2.05) is 60.7 Å². The largest absolute Gasteiger partial charge is 0.369 e. The molecule has 0 aliphatic rings. The van der Waals surface area contributed by atoms with E-state index in [-0.39, 0.29) is 0 Å². The number of hydrogen-bond acceptors (Lipinski definition) is 1. The van der Waals surface area contributed by atoms with E-state index in [0.717, 1.165) is 66.5 Å². The van der Waals surface area contributed by atoms with Crippen molar-refractivity contribution in [2.24, 2.45) is 15.7 Å². The molecule has 12 rings (SSSR count). The van der Waals surface area contributed by atoms with Crippen LogP contribution in [0.15, 0.2) is 235 Å². The molecule has 0 radical (unpaired) electrons. The molecule has 3 aromatic heterocycles. The molecule has 12 aromatic rings. The fourth-order valence-corrected chi connectivity index (χ4v) is 9.71. The summed E-state index contributed by atoms with van der Waals surface area (Å²) in [5, 5.41) is 7.03. The molecule has 9 aromatic carbocycles. The molecule has 0 aliphatic heterocycles. The Balaban J connectivity index is 1.05. The van der Waals surface area contributed by atoms with Gasteiger partial charge in [-0.05, 0) is 71.3 Å². The van der Waals surface area contributed by atoms with Crippen LogP contribution >= 0.6 is 0 Å². The lowest BCUT2D eigenvalue weighted by Gasteiger charge is -2.13. The molecule has 0 aliphatic carbocycles. The van der Waals surface area contributed by atoms with Crippen LogP contribution in [0, 0.1) is 0 Å². The van der Waals surface area contributed by atoms with Gasteiger partial charge in [0, 0.05) is 49.3 Å². The topological polar surface area (TPSA) is 65.5 Å². The third-order valence-electron chi connectivity index (χ3n) is 12.4. The van der Waals surface area contributed by atoms with Crippen molar-refractivity contribution < 1.29 is 0 Å². The summed E-state index contributed by atoms with van der Waals surface area (Å²) in [6.07, 6.45) is 0. The normalized spacial score (nSPS) is 12.4. The van der Waals surface area contributed by atoms with Crippen LogP contribution in [0.3, 0.4) is 0 Å². The molecule has 2 N–H and O–H groups in total. The molecule has 0 atom stereocenters. The summed E-state index contributed by atoms with van der Waals surface area (Å²) < 4.78 is 6.85. The SMILES string of the molecule is C=C(/N=C(\N=C(/N)n1c2ccccc2c2c(-c3cccc4c3c3ccccc3n4-c3cccc(-n4c5ccccc5c5ccccc54)c3)cccc21)c1ccccc1)c1ccccc1. The summed E-state index contributed by atoms with van der Waals surface area (Å²) in [5.41, 5.74) is 20.5. The van der Waals surface area contributed by atoms with Gasteiger partial charge in [-0.3, -0.25) is 4.57 Å². The quantitative estimate of drug-likeness (QED) is 0.132. The highest BCUT2D eigenvalue weighted by Crippen LogP contribution is 2.43. The summed E-state index contributed by atoms with van der Waals surface area (Å²) >= 11 is 0. The maximum absolute atomic E-state index is 7.15. The molecule has 3 heterocycles. The zero-order valence-corrected chi connectivity index (χ0v) is 34.8. The smallest absolute Gasteiger partial charge is 0.207 e. The maximum Gasteiger partial charge on any atom is 0.207 e. The van der Waals surface area contributed by atoms with Crippen LogP contribution in [-0.4, -0.2) is 25.5 Å². The van der Waals surface area contributed by atoms with E-state index in [2.05, 4.69) is 178 Å². The molecule has 302 valence electrons. The Morgan fingerprint density at radius 3 is 1.41 bits per heavy atom. The molecule has 0 bridgehead atoms. The van der Waals surface area contributed by atoms with Crippen molar-refractivity contribution in [2.45, 2.75) is 0 Å². The number of aromatic nitrogens is 3. The van der Waals surface area contributed by atoms with Gasteiger partial charge in [-0.2, -0.15) is 4.99 Å². The van der Waals surface area contributed by atoms with Gasteiger partial charge in [-0.25, -0.2) is 4.99 Å². The molecule has 0 fully saturated rings. The molecular formula is C58H40N6. The molecule has 6 nitrogen and oxygen atoms in total. The lowest BCUT2D eigenvalue weighted by Crippen LogP contribution is -2.24. The summed E-state index contributed by atoms with van der Waals surface area (Å²) in [7, 11) is 0. The molecule has 6 heteroatoms. The Bertz CT molecular complexity index is 3810. The van der Waals surface area contributed by atoms with Crippen molar-refractivity contribution in [3.05, 3.63) is 236 Å². The summed E-state index contributed by atoms with van der Waals surface area (Å²) in [6, 6.07) is 76.5. The average Bonchev–Trinajstić information content (AvgIpc) is 4.00. The van der Waals surface area contributed by atoms with E-state index in [0.29, 0.717) is 17.5 Å². The fraction of sp³-hybridized carbons (Fsp3) is 0. The second-order valence-electron chi connectivity index (χ2n) is 16.1. The standard InChI is InChI=1S/C58H40N6/c1-38(39-19-4-2-5-20-39)60-57(40-21-6-3-7-22-40)61-58(59)64-52-34-15-11-28-48(52)56-46(30-18-36-54(56)64)45-29-17-35-53-55(45)47-27-10-14-33-51(47)63(53)42-24-16-23-41(37-42)62-49-31-12-8-25-43(49)44-26-9-13-32-50(44)62/h2-37H,1H2,(H2,59,60,61). The van der Waals surface area contributed by atoms with Crippen LogP contribution in [0.2, 0.25) is 0 Å². The fourth-order valence-electron chi connectivity index (χ4n) is 9.71. The van der Waals surface area contributed by atoms with Crippen LogP contribution in [0.1, 0.15) is 11.1 Å².